The number of rotatable bonds is 5. The summed E-state index contributed by atoms with van der Waals surface area (Å²) in [5.74, 6) is 0.0404. The van der Waals surface area contributed by atoms with Gasteiger partial charge in [-0.15, -0.1) is 0 Å². The number of nitrogens with one attached hydrogen (secondary N) is 2. The standard InChI is InChI=1S/C13H19N3O3/c1-9(2)15-13(18)16-12(17)8-19-11-5-3-4-10(6-11)7-14/h3-6,9H,7-8,14H2,1-2H3,(H2,15,16,17,18). The van der Waals surface area contributed by atoms with Gasteiger partial charge in [0.25, 0.3) is 5.91 Å². The molecule has 0 unspecified atom stereocenters. The lowest BCUT2D eigenvalue weighted by Gasteiger charge is -2.10. The van der Waals surface area contributed by atoms with E-state index in [1.165, 1.54) is 0 Å². The molecule has 0 aliphatic heterocycles. The SMILES string of the molecule is CC(C)NC(=O)NC(=O)COc1cccc(CN)c1. The largest absolute Gasteiger partial charge is 0.484 e. The predicted molar refractivity (Wildman–Crippen MR) is 71.6 cm³/mol. The highest BCUT2D eigenvalue weighted by atomic mass is 16.5. The molecule has 0 spiro atoms. The number of hydrogen-bond donors (Lipinski definition) is 3. The normalized spacial score (nSPS) is 10.1. The zero-order chi connectivity index (χ0) is 14.3. The third-order valence-corrected chi connectivity index (χ3v) is 2.18. The van der Waals surface area contributed by atoms with Crippen molar-refractivity contribution in [2.75, 3.05) is 6.61 Å². The average Bonchev–Trinajstić information content (AvgIpc) is 2.35. The van der Waals surface area contributed by atoms with Crippen LogP contribution >= 0.6 is 0 Å². The summed E-state index contributed by atoms with van der Waals surface area (Å²) >= 11 is 0. The second-order valence-corrected chi connectivity index (χ2v) is 4.32. The fourth-order valence-corrected chi connectivity index (χ4v) is 1.37. The molecule has 0 bridgehead atoms. The topological polar surface area (TPSA) is 93.5 Å². The quantitative estimate of drug-likeness (QED) is 0.732. The maximum absolute atomic E-state index is 11.4. The molecule has 0 radical (unpaired) electrons. The van der Waals surface area contributed by atoms with Crippen molar-refractivity contribution in [3.63, 3.8) is 0 Å². The van der Waals surface area contributed by atoms with E-state index in [4.69, 9.17) is 10.5 Å². The molecule has 6 nitrogen and oxygen atoms in total. The number of carbonyl (C=O) groups excluding carboxylic acids is 2. The summed E-state index contributed by atoms with van der Waals surface area (Å²) in [7, 11) is 0. The number of benzene rings is 1. The highest BCUT2D eigenvalue weighted by Gasteiger charge is 2.09. The Balaban J connectivity index is 2.39. The van der Waals surface area contributed by atoms with Gasteiger partial charge in [-0.1, -0.05) is 12.1 Å². The first kappa shape index (κ1) is 15.0. The number of nitrogens with two attached hydrogens (primary N) is 1. The lowest BCUT2D eigenvalue weighted by molar-refractivity contribution is -0.122. The van der Waals surface area contributed by atoms with Gasteiger partial charge in [-0.25, -0.2) is 4.79 Å². The number of urea groups is 1. The van der Waals surface area contributed by atoms with Crippen molar-refractivity contribution in [2.24, 2.45) is 5.73 Å². The van der Waals surface area contributed by atoms with Crippen LogP contribution < -0.4 is 21.1 Å². The highest BCUT2D eigenvalue weighted by Crippen LogP contribution is 2.12. The van der Waals surface area contributed by atoms with E-state index < -0.39 is 11.9 Å². The Labute approximate surface area is 112 Å². The van der Waals surface area contributed by atoms with Gasteiger partial charge in [0.2, 0.25) is 0 Å². The molecule has 1 aromatic carbocycles. The Morgan fingerprint density at radius 1 is 1.37 bits per heavy atom. The fourth-order valence-electron chi connectivity index (χ4n) is 1.37. The van der Waals surface area contributed by atoms with Crippen molar-refractivity contribution in [1.29, 1.82) is 0 Å². The van der Waals surface area contributed by atoms with E-state index in [-0.39, 0.29) is 12.6 Å². The summed E-state index contributed by atoms with van der Waals surface area (Å²) in [5.41, 5.74) is 6.41. The van der Waals surface area contributed by atoms with Crippen molar-refractivity contribution >= 4 is 11.9 Å². The second-order valence-electron chi connectivity index (χ2n) is 4.32. The third kappa shape index (κ3) is 5.87. The van der Waals surface area contributed by atoms with Crippen LogP contribution in [0, 0.1) is 0 Å². The van der Waals surface area contributed by atoms with E-state index >= 15 is 0 Å². The second kappa shape index (κ2) is 7.38. The van der Waals surface area contributed by atoms with Gasteiger partial charge in [0.15, 0.2) is 6.61 Å². The summed E-state index contributed by atoms with van der Waals surface area (Å²) in [6.07, 6.45) is 0. The Morgan fingerprint density at radius 2 is 2.11 bits per heavy atom. The summed E-state index contributed by atoms with van der Waals surface area (Å²) in [6.45, 7) is 3.79. The molecular formula is C13H19N3O3. The van der Waals surface area contributed by atoms with E-state index in [9.17, 15) is 9.59 Å². The summed E-state index contributed by atoms with van der Waals surface area (Å²) in [4.78, 5) is 22.7. The molecule has 3 amide bonds. The Bertz CT molecular complexity index is 447. The molecule has 0 heterocycles. The predicted octanol–water partition coefficient (Wildman–Crippen LogP) is 0.758. The van der Waals surface area contributed by atoms with Crippen molar-refractivity contribution in [1.82, 2.24) is 10.6 Å². The Morgan fingerprint density at radius 3 is 2.74 bits per heavy atom. The van der Waals surface area contributed by atoms with E-state index in [0.29, 0.717) is 12.3 Å². The van der Waals surface area contributed by atoms with E-state index in [1.807, 2.05) is 6.07 Å². The maximum Gasteiger partial charge on any atom is 0.321 e. The molecule has 104 valence electrons. The first-order chi connectivity index (χ1) is 9.01. The summed E-state index contributed by atoms with van der Waals surface area (Å²) in [6, 6.07) is 6.57. The molecule has 1 aromatic rings. The summed E-state index contributed by atoms with van der Waals surface area (Å²) < 4.78 is 5.27. The van der Waals surface area contributed by atoms with Crippen LogP contribution in [0.3, 0.4) is 0 Å². The fraction of sp³-hybridized carbons (Fsp3) is 0.385. The van der Waals surface area contributed by atoms with Crippen LogP contribution in [0.2, 0.25) is 0 Å². The van der Waals surface area contributed by atoms with Gasteiger partial charge in [0.05, 0.1) is 0 Å². The van der Waals surface area contributed by atoms with E-state index in [0.717, 1.165) is 5.56 Å². The Kier molecular flexibility index (Phi) is 5.81. The van der Waals surface area contributed by atoms with Crippen LogP contribution in [0.25, 0.3) is 0 Å². The van der Waals surface area contributed by atoms with Crippen LogP contribution in [-0.2, 0) is 11.3 Å². The first-order valence-corrected chi connectivity index (χ1v) is 6.03. The molecule has 0 fully saturated rings. The monoisotopic (exact) mass is 265 g/mol. The van der Waals surface area contributed by atoms with Crippen molar-refractivity contribution < 1.29 is 14.3 Å². The van der Waals surface area contributed by atoms with Gasteiger partial charge in [0, 0.05) is 12.6 Å². The Hall–Kier alpha value is -2.08. The zero-order valence-electron chi connectivity index (χ0n) is 11.1. The number of carbonyl (C=O) groups is 2. The molecule has 0 atom stereocenters. The van der Waals surface area contributed by atoms with Gasteiger partial charge in [0.1, 0.15) is 5.75 Å². The number of amides is 3. The molecule has 0 aliphatic carbocycles. The molecule has 4 N–H and O–H groups in total. The lowest BCUT2D eigenvalue weighted by atomic mass is 10.2. The molecular weight excluding hydrogens is 246 g/mol. The average molecular weight is 265 g/mol. The minimum absolute atomic E-state index is 0.0324. The smallest absolute Gasteiger partial charge is 0.321 e. The van der Waals surface area contributed by atoms with Gasteiger partial charge in [-0.3, -0.25) is 10.1 Å². The first-order valence-electron chi connectivity index (χ1n) is 6.03. The van der Waals surface area contributed by atoms with Crippen LogP contribution in [0.4, 0.5) is 4.79 Å². The van der Waals surface area contributed by atoms with Gasteiger partial charge < -0.3 is 15.8 Å². The van der Waals surface area contributed by atoms with Gasteiger partial charge in [-0.05, 0) is 31.5 Å². The molecule has 6 heteroatoms. The molecule has 19 heavy (non-hydrogen) atoms. The van der Waals surface area contributed by atoms with Crippen LogP contribution in [-0.4, -0.2) is 24.6 Å². The van der Waals surface area contributed by atoms with E-state index in [2.05, 4.69) is 10.6 Å². The third-order valence-electron chi connectivity index (χ3n) is 2.18. The number of hydrogen-bond acceptors (Lipinski definition) is 4. The molecule has 1 rings (SSSR count). The van der Waals surface area contributed by atoms with Crippen LogP contribution in [0.1, 0.15) is 19.4 Å². The molecule has 0 aliphatic rings. The van der Waals surface area contributed by atoms with E-state index in [1.54, 1.807) is 32.0 Å². The van der Waals surface area contributed by atoms with Gasteiger partial charge >= 0.3 is 6.03 Å². The lowest BCUT2D eigenvalue weighted by Crippen LogP contribution is -2.44. The van der Waals surface area contributed by atoms with Crippen molar-refractivity contribution in [3.05, 3.63) is 29.8 Å². The molecule has 0 saturated heterocycles. The highest BCUT2D eigenvalue weighted by molar-refractivity contribution is 5.95. The summed E-state index contributed by atoms with van der Waals surface area (Å²) in [5, 5.41) is 4.72. The number of ether oxygens (including phenoxy) is 1. The van der Waals surface area contributed by atoms with Crippen molar-refractivity contribution in [3.8, 4) is 5.75 Å². The minimum Gasteiger partial charge on any atom is -0.484 e. The molecule has 0 saturated carbocycles. The maximum atomic E-state index is 11.4. The van der Waals surface area contributed by atoms with Crippen LogP contribution in [0.15, 0.2) is 24.3 Å². The minimum atomic E-state index is -0.528. The van der Waals surface area contributed by atoms with Crippen molar-refractivity contribution in [2.45, 2.75) is 26.4 Å². The number of imide groups is 1. The zero-order valence-corrected chi connectivity index (χ0v) is 11.1. The van der Waals surface area contributed by atoms with Gasteiger partial charge in [-0.2, -0.15) is 0 Å². The van der Waals surface area contributed by atoms with Crippen LogP contribution in [0.5, 0.6) is 5.75 Å². The molecule has 0 aromatic heterocycles.